The lowest BCUT2D eigenvalue weighted by Crippen LogP contribution is -2.31. The summed E-state index contributed by atoms with van der Waals surface area (Å²) in [5, 5.41) is 4.57. The Bertz CT molecular complexity index is 378. The van der Waals surface area contributed by atoms with Crippen LogP contribution >= 0.6 is 23.5 Å². The lowest BCUT2D eigenvalue weighted by molar-refractivity contribution is 0.743. The molecule has 0 amide bonds. The molecule has 2 nitrogen and oxygen atoms in total. The van der Waals surface area contributed by atoms with Gasteiger partial charge in [-0.2, -0.15) is 11.8 Å². The summed E-state index contributed by atoms with van der Waals surface area (Å²) >= 11 is 3.69. The van der Waals surface area contributed by atoms with Crippen molar-refractivity contribution in [3.8, 4) is 0 Å². The summed E-state index contributed by atoms with van der Waals surface area (Å²) < 4.78 is 0. The number of aliphatic imine (C=N–C) groups is 1. The van der Waals surface area contributed by atoms with Gasteiger partial charge in [-0.1, -0.05) is 42.1 Å². The molecule has 1 heterocycles. The molecule has 2 unspecified atom stereocenters. The number of hydrogen-bond acceptors (Lipinski definition) is 4. The van der Waals surface area contributed by atoms with Gasteiger partial charge in [0.05, 0.1) is 6.04 Å². The minimum absolute atomic E-state index is 0.324. The van der Waals surface area contributed by atoms with Crippen molar-refractivity contribution in [1.29, 1.82) is 0 Å². The monoisotopic (exact) mass is 266 g/mol. The van der Waals surface area contributed by atoms with Gasteiger partial charge in [0.15, 0.2) is 5.17 Å². The van der Waals surface area contributed by atoms with E-state index in [-0.39, 0.29) is 0 Å². The Morgan fingerprint density at radius 3 is 2.94 bits per heavy atom. The molecule has 1 aromatic carbocycles. The number of hydrogen-bond donors (Lipinski definition) is 1. The molecule has 1 aromatic rings. The molecule has 0 radical (unpaired) electrons. The highest BCUT2D eigenvalue weighted by Gasteiger charge is 2.20. The van der Waals surface area contributed by atoms with Crippen molar-refractivity contribution >= 4 is 28.7 Å². The quantitative estimate of drug-likeness (QED) is 0.906. The van der Waals surface area contributed by atoms with Crippen LogP contribution in [0.3, 0.4) is 0 Å². The summed E-state index contributed by atoms with van der Waals surface area (Å²) in [5.74, 6) is 2.17. The van der Waals surface area contributed by atoms with Gasteiger partial charge in [-0.3, -0.25) is 4.99 Å². The Kier molecular flexibility index (Phi) is 4.80. The van der Waals surface area contributed by atoms with Gasteiger partial charge >= 0.3 is 0 Å². The van der Waals surface area contributed by atoms with Crippen LogP contribution in [-0.2, 0) is 0 Å². The van der Waals surface area contributed by atoms with Gasteiger partial charge in [0.25, 0.3) is 0 Å². The lowest BCUT2D eigenvalue weighted by atomic mass is 10.1. The third kappa shape index (κ3) is 3.68. The van der Waals surface area contributed by atoms with Gasteiger partial charge in [-0.25, -0.2) is 0 Å². The molecule has 0 spiro atoms. The van der Waals surface area contributed by atoms with Gasteiger partial charge in [0, 0.05) is 17.5 Å². The Labute approximate surface area is 112 Å². The molecule has 2 atom stereocenters. The van der Waals surface area contributed by atoms with Crippen molar-refractivity contribution in [3.63, 3.8) is 0 Å². The van der Waals surface area contributed by atoms with Crippen LogP contribution < -0.4 is 5.32 Å². The maximum absolute atomic E-state index is 4.74. The van der Waals surface area contributed by atoms with E-state index >= 15 is 0 Å². The average Bonchev–Trinajstić information content (AvgIpc) is 2.79. The molecule has 0 saturated carbocycles. The van der Waals surface area contributed by atoms with Crippen molar-refractivity contribution in [2.45, 2.75) is 19.0 Å². The Balaban J connectivity index is 1.95. The average molecular weight is 266 g/mol. The smallest absolute Gasteiger partial charge is 0.157 e. The summed E-state index contributed by atoms with van der Waals surface area (Å²) in [6.07, 6.45) is 2.13. The second kappa shape index (κ2) is 6.36. The van der Waals surface area contributed by atoms with E-state index in [4.69, 9.17) is 4.99 Å². The van der Waals surface area contributed by atoms with Crippen LogP contribution in [0.1, 0.15) is 18.5 Å². The predicted molar refractivity (Wildman–Crippen MR) is 80.1 cm³/mol. The van der Waals surface area contributed by atoms with Crippen LogP contribution in [0.25, 0.3) is 0 Å². The number of nitrogens with zero attached hydrogens (tertiary/aromatic N) is 1. The first-order chi connectivity index (χ1) is 8.29. The second-order valence-corrected chi connectivity index (χ2v) is 6.09. The Hall–Kier alpha value is -0.610. The molecule has 1 N–H and O–H groups in total. The Morgan fingerprint density at radius 2 is 2.24 bits per heavy atom. The summed E-state index contributed by atoms with van der Waals surface area (Å²) in [4.78, 5) is 4.74. The van der Waals surface area contributed by atoms with Gasteiger partial charge in [-0.05, 0) is 18.7 Å². The molecule has 4 heteroatoms. The van der Waals surface area contributed by atoms with Crippen molar-refractivity contribution in [2.24, 2.45) is 4.99 Å². The van der Waals surface area contributed by atoms with Crippen LogP contribution in [0.2, 0.25) is 0 Å². The van der Waals surface area contributed by atoms with Gasteiger partial charge in [-0.15, -0.1) is 0 Å². The minimum atomic E-state index is 0.324. The first-order valence-electron chi connectivity index (χ1n) is 5.80. The van der Waals surface area contributed by atoms with Crippen LogP contribution in [0, 0.1) is 0 Å². The second-order valence-electron chi connectivity index (χ2n) is 4.17. The van der Waals surface area contributed by atoms with E-state index in [0.717, 1.165) is 16.7 Å². The molecule has 17 heavy (non-hydrogen) atoms. The first-order valence-corrected chi connectivity index (χ1v) is 8.18. The predicted octanol–water partition coefficient (Wildman–Crippen LogP) is 3.17. The maximum atomic E-state index is 4.74. The van der Waals surface area contributed by atoms with E-state index in [0.29, 0.717) is 12.1 Å². The fourth-order valence-electron chi connectivity index (χ4n) is 1.80. The van der Waals surface area contributed by atoms with Crippen LogP contribution in [0.15, 0.2) is 35.3 Å². The third-order valence-corrected chi connectivity index (χ3v) is 4.43. The number of amidine groups is 1. The largest absolute Gasteiger partial charge is 0.362 e. The fraction of sp³-hybridized carbons (Fsp3) is 0.462. The van der Waals surface area contributed by atoms with E-state index in [1.165, 1.54) is 5.56 Å². The van der Waals surface area contributed by atoms with Gasteiger partial charge in [0.1, 0.15) is 0 Å². The molecular weight excluding hydrogens is 248 g/mol. The first kappa shape index (κ1) is 12.8. The highest BCUT2D eigenvalue weighted by Crippen LogP contribution is 2.29. The molecule has 1 aliphatic heterocycles. The van der Waals surface area contributed by atoms with Crippen molar-refractivity contribution < 1.29 is 0 Å². The van der Waals surface area contributed by atoms with Crippen LogP contribution in [0.4, 0.5) is 0 Å². The molecular formula is C13H18N2S2. The molecule has 0 fully saturated rings. The van der Waals surface area contributed by atoms with Crippen molar-refractivity contribution in [1.82, 2.24) is 5.32 Å². The van der Waals surface area contributed by atoms with Crippen molar-refractivity contribution in [2.75, 3.05) is 17.8 Å². The summed E-state index contributed by atoms with van der Waals surface area (Å²) in [5.41, 5.74) is 1.31. The molecule has 0 bridgehead atoms. The zero-order valence-corrected chi connectivity index (χ0v) is 11.9. The van der Waals surface area contributed by atoms with E-state index in [9.17, 15) is 0 Å². The summed E-state index contributed by atoms with van der Waals surface area (Å²) in [6, 6.07) is 11.3. The topological polar surface area (TPSA) is 24.4 Å². The SMILES string of the molecule is CSCC(C)NC1=NC(c2ccccc2)CS1. The molecule has 0 aliphatic carbocycles. The molecule has 92 valence electrons. The molecule has 0 aromatic heterocycles. The third-order valence-electron chi connectivity index (χ3n) is 2.62. The number of nitrogens with one attached hydrogen (secondary N) is 1. The summed E-state index contributed by atoms with van der Waals surface area (Å²) in [7, 11) is 0. The molecule has 0 saturated heterocycles. The lowest BCUT2D eigenvalue weighted by Gasteiger charge is -2.12. The maximum Gasteiger partial charge on any atom is 0.157 e. The van der Waals surface area contributed by atoms with E-state index in [2.05, 4.69) is 48.8 Å². The number of rotatable bonds is 4. The minimum Gasteiger partial charge on any atom is -0.362 e. The normalized spacial score (nSPS) is 21.1. The zero-order chi connectivity index (χ0) is 12.1. The highest BCUT2D eigenvalue weighted by molar-refractivity contribution is 8.14. The number of benzene rings is 1. The molecule has 1 aliphatic rings. The van der Waals surface area contributed by atoms with Crippen LogP contribution in [0.5, 0.6) is 0 Å². The molecule has 2 rings (SSSR count). The fourth-order valence-corrected chi connectivity index (χ4v) is 3.45. The summed E-state index contributed by atoms with van der Waals surface area (Å²) in [6.45, 7) is 2.20. The standard InChI is InChI=1S/C13H18N2S2/c1-10(8-16-2)14-13-15-12(9-17-13)11-6-4-3-5-7-11/h3-7,10,12H,8-9H2,1-2H3,(H,14,15). The Morgan fingerprint density at radius 1 is 1.47 bits per heavy atom. The van der Waals surface area contributed by atoms with Gasteiger partial charge in [0.2, 0.25) is 0 Å². The zero-order valence-electron chi connectivity index (χ0n) is 10.2. The van der Waals surface area contributed by atoms with Crippen molar-refractivity contribution in [3.05, 3.63) is 35.9 Å². The van der Waals surface area contributed by atoms with E-state index in [1.54, 1.807) is 0 Å². The van der Waals surface area contributed by atoms with Crippen LogP contribution in [-0.4, -0.2) is 29.0 Å². The van der Waals surface area contributed by atoms with E-state index in [1.807, 2.05) is 23.5 Å². The van der Waals surface area contributed by atoms with E-state index < -0.39 is 0 Å². The highest BCUT2D eigenvalue weighted by atomic mass is 32.2. The number of thioether (sulfide) groups is 2. The van der Waals surface area contributed by atoms with Gasteiger partial charge < -0.3 is 5.32 Å².